The molecule has 110 valence electrons. The maximum atomic E-state index is 12.3. The Morgan fingerprint density at radius 3 is 2.17 bits per heavy atom. The van der Waals surface area contributed by atoms with E-state index in [-0.39, 0.29) is 19.0 Å². The second kappa shape index (κ2) is 8.58. The largest absolute Gasteiger partial charge is 0.406 e. The number of alkyl halides is 3. The minimum absolute atomic E-state index is 0. The summed E-state index contributed by atoms with van der Waals surface area (Å²) in [6.07, 6.45) is -3.05. The fourth-order valence-corrected chi connectivity index (χ4v) is 1.35. The average Bonchev–Trinajstić information content (AvgIpc) is 2.20. The van der Waals surface area contributed by atoms with Crippen LogP contribution in [0.25, 0.3) is 0 Å². The quantitative estimate of drug-likeness (QED) is 0.817. The lowest BCUT2D eigenvalue weighted by atomic mass is 10.0. The Kier molecular flexibility index (Phi) is 9.46. The van der Waals surface area contributed by atoms with Gasteiger partial charge in [0.15, 0.2) is 0 Å². The molecule has 0 aliphatic heterocycles. The topological polar surface area (TPSA) is 46.3 Å². The molecule has 0 radical (unpaired) electrons. The van der Waals surface area contributed by atoms with Crippen LogP contribution >= 0.6 is 12.4 Å². The molecule has 0 aromatic rings. The van der Waals surface area contributed by atoms with Crippen LogP contribution in [0.4, 0.5) is 13.2 Å². The molecule has 0 fully saturated rings. The van der Waals surface area contributed by atoms with Crippen LogP contribution in [0.5, 0.6) is 0 Å². The van der Waals surface area contributed by atoms with Crippen LogP contribution in [0.3, 0.4) is 0 Å². The fraction of sp³-hybridized carbons (Fsp3) is 0.909. The van der Waals surface area contributed by atoms with E-state index >= 15 is 0 Å². The van der Waals surface area contributed by atoms with Crippen molar-refractivity contribution in [2.45, 2.75) is 45.8 Å². The molecule has 18 heavy (non-hydrogen) atoms. The smallest absolute Gasteiger partial charge is 0.333 e. The Balaban J connectivity index is 0. The first kappa shape index (κ1) is 19.8. The summed E-state index contributed by atoms with van der Waals surface area (Å²) in [7, 11) is 0. The van der Waals surface area contributed by atoms with Crippen molar-refractivity contribution in [3.8, 4) is 0 Å². The minimum atomic E-state index is -4.36. The molecule has 0 spiro atoms. The molecule has 2 N–H and O–H groups in total. The summed E-state index contributed by atoms with van der Waals surface area (Å²) in [6, 6.07) is -0.445. The Bertz CT molecular complexity index is 247. The maximum absolute atomic E-state index is 12.3. The second-order valence-electron chi connectivity index (χ2n) is 4.38. The second-order valence-corrected chi connectivity index (χ2v) is 4.38. The lowest BCUT2D eigenvalue weighted by Gasteiger charge is -2.28. The molecule has 0 aromatic heterocycles. The SMILES string of the molecule is CCCCN(CC(F)(F)F)C(=O)C(C)C(C)N.Cl. The number of hydrogen-bond acceptors (Lipinski definition) is 2. The molecule has 0 aromatic carbocycles. The van der Waals surface area contributed by atoms with Crippen LogP contribution in [0.1, 0.15) is 33.6 Å². The van der Waals surface area contributed by atoms with Gasteiger partial charge in [0.2, 0.25) is 5.91 Å². The van der Waals surface area contributed by atoms with E-state index in [2.05, 4.69) is 0 Å². The van der Waals surface area contributed by atoms with Gasteiger partial charge in [0.1, 0.15) is 6.54 Å². The molecule has 0 bridgehead atoms. The lowest BCUT2D eigenvalue weighted by Crippen LogP contribution is -2.46. The van der Waals surface area contributed by atoms with E-state index in [1.807, 2.05) is 6.92 Å². The van der Waals surface area contributed by atoms with Gasteiger partial charge < -0.3 is 10.6 Å². The highest BCUT2D eigenvalue weighted by atomic mass is 35.5. The number of amides is 1. The molecule has 2 unspecified atom stereocenters. The third-order valence-corrected chi connectivity index (χ3v) is 2.64. The first-order valence-corrected chi connectivity index (χ1v) is 5.80. The van der Waals surface area contributed by atoms with Crippen molar-refractivity contribution in [3.63, 3.8) is 0 Å². The van der Waals surface area contributed by atoms with Crippen molar-refractivity contribution in [3.05, 3.63) is 0 Å². The zero-order valence-corrected chi connectivity index (χ0v) is 11.8. The van der Waals surface area contributed by atoms with Crippen LogP contribution in [-0.2, 0) is 4.79 Å². The van der Waals surface area contributed by atoms with Crippen molar-refractivity contribution in [1.82, 2.24) is 4.90 Å². The van der Waals surface area contributed by atoms with Gasteiger partial charge in [-0.3, -0.25) is 4.79 Å². The fourth-order valence-electron chi connectivity index (χ4n) is 1.35. The van der Waals surface area contributed by atoms with Gasteiger partial charge in [-0.15, -0.1) is 12.4 Å². The van der Waals surface area contributed by atoms with Gasteiger partial charge in [-0.05, 0) is 13.3 Å². The molecule has 3 nitrogen and oxygen atoms in total. The third-order valence-electron chi connectivity index (χ3n) is 2.64. The Labute approximate surface area is 112 Å². The van der Waals surface area contributed by atoms with Gasteiger partial charge >= 0.3 is 6.18 Å². The zero-order chi connectivity index (χ0) is 13.6. The van der Waals surface area contributed by atoms with Gasteiger partial charge in [0.05, 0.1) is 5.92 Å². The highest BCUT2D eigenvalue weighted by Crippen LogP contribution is 2.19. The van der Waals surface area contributed by atoms with Crippen molar-refractivity contribution >= 4 is 18.3 Å². The van der Waals surface area contributed by atoms with E-state index in [1.165, 1.54) is 0 Å². The Morgan fingerprint density at radius 1 is 1.33 bits per heavy atom. The Morgan fingerprint density at radius 2 is 1.83 bits per heavy atom. The normalized spacial score (nSPS) is 14.6. The van der Waals surface area contributed by atoms with Crippen LogP contribution < -0.4 is 5.73 Å². The van der Waals surface area contributed by atoms with E-state index in [9.17, 15) is 18.0 Å². The number of nitrogens with zero attached hydrogens (tertiary/aromatic N) is 1. The summed E-state index contributed by atoms with van der Waals surface area (Å²) in [5.41, 5.74) is 5.54. The molecule has 0 saturated heterocycles. The predicted octanol–water partition coefficient (Wildman–Crippen LogP) is 2.58. The van der Waals surface area contributed by atoms with E-state index in [4.69, 9.17) is 5.73 Å². The molecule has 0 heterocycles. The van der Waals surface area contributed by atoms with Crippen LogP contribution in [-0.4, -0.2) is 36.1 Å². The Hall–Kier alpha value is -0.490. The van der Waals surface area contributed by atoms with E-state index in [0.29, 0.717) is 6.42 Å². The first-order valence-electron chi connectivity index (χ1n) is 5.80. The van der Waals surface area contributed by atoms with Gasteiger partial charge in [-0.2, -0.15) is 13.2 Å². The molecule has 7 heteroatoms. The van der Waals surface area contributed by atoms with Crippen molar-refractivity contribution in [2.75, 3.05) is 13.1 Å². The number of halogens is 4. The van der Waals surface area contributed by atoms with Crippen LogP contribution in [0.2, 0.25) is 0 Å². The highest BCUT2D eigenvalue weighted by molar-refractivity contribution is 5.85. The monoisotopic (exact) mass is 290 g/mol. The molecule has 0 aliphatic carbocycles. The molecular weight excluding hydrogens is 269 g/mol. The van der Waals surface area contributed by atoms with Gasteiger partial charge in [-0.25, -0.2) is 0 Å². The molecular formula is C11H22ClF3N2O. The van der Waals surface area contributed by atoms with Gasteiger partial charge in [-0.1, -0.05) is 20.3 Å². The summed E-state index contributed by atoms with van der Waals surface area (Å²) >= 11 is 0. The average molecular weight is 291 g/mol. The molecule has 0 saturated carbocycles. The number of nitrogens with two attached hydrogens (primary N) is 1. The van der Waals surface area contributed by atoms with Crippen LogP contribution in [0.15, 0.2) is 0 Å². The molecule has 1 amide bonds. The number of carbonyl (C=O) groups excluding carboxylic acids is 1. The van der Waals surface area contributed by atoms with E-state index < -0.39 is 30.6 Å². The van der Waals surface area contributed by atoms with Gasteiger partial charge in [0, 0.05) is 12.6 Å². The molecule has 0 aliphatic rings. The first-order chi connectivity index (χ1) is 7.69. The number of carbonyl (C=O) groups is 1. The number of hydrogen-bond donors (Lipinski definition) is 1. The summed E-state index contributed by atoms with van der Waals surface area (Å²) in [5, 5.41) is 0. The summed E-state index contributed by atoms with van der Waals surface area (Å²) in [4.78, 5) is 12.7. The summed E-state index contributed by atoms with van der Waals surface area (Å²) in [5.74, 6) is -1.11. The number of unbranched alkanes of at least 4 members (excludes halogenated alkanes) is 1. The van der Waals surface area contributed by atoms with Crippen molar-refractivity contribution < 1.29 is 18.0 Å². The van der Waals surface area contributed by atoms with Crippen LogP contribution in [0, 0.1) is 5.92 Å². The van der Waals surface area contributed by atoms with E-state index in [0.717, 1.165) is 11.3 Å². The molecule has 0 rings (SSSR count). The minimum Gasteiger partial charge on any atom is -0.333 e. The summed E-state index contributed by atoms with van der Waals surface area (Å²) < 4.78 is 37.0. The van der Waals surface area contributed by atoms with E-state index in [1.54, 1.807) is 13.8 Å². The zero-order valence-electron chi connectivity index (χ0n) is 11.0. The maximum Gasteiger partial charge on any atom is 0.406 e. The molecule has 2 atom stereocenters. The van der Waals surface area contributed by atoms with Crippen molar-refractivity contribution in [2.24, 2.45) is 11.7 Å². The standard InChI is InChI=1S/C11H21F3N2O.ClH/c1-4-5-6-16(7-11(12,13)14)10(17)8(2)9(3)15;/h8-9H,4-7,15H2,1-3H3;1H. The van der Waals surface area contributed by atoms with Gasteiger partial charge in [0.25, 0.3) is 0 Å². The third kappa shape index (κ3) is 7.76. The lowest BCUT2D eigenvalue weighted by molar-refractivity contribution is -0.163. The summed E-state index contributed by atoms with van der Waals surface area (Å²) in [6.45, 7) is 3.98. The van der Waals surface area contributed by atoms with Crippen molar-refractivity contribution in [1.29, 1.82) is 0 Å². The highest BCUT2D eigenvalue weighted by Gasteiger charge is 2.34. The number of rotatable bonds is 6. The predicted molar refractivity (Wildman–Crippen MR) is 67.6 cm³/mol.